The van der Waals surface area contributed by atoms with E-state index in [1.54, 1.807) is 18.2 Å². The Kier molecular flexibility index (Phi) is 4.96. The third-order valence-corrected chi connectivity index (χ3v) is 5.47. The third-order valence-electron chi connectivity index (χ3n) is 4.20. The van der Waals surface area contributed by atoms with E-state index in [1.165, 1.54) is 10.6 Å². The van der Waals surface area contributed by atoms with Crippen LogP contribution in [0, 0.1) is 0 Å². The lowest BCUT2D eigenvalue weighted by atomic mass is 10.1. The van der Waals surface area contributed by atoms with E-state index in [0.29, 0.717) is 43.4 Å². The number of fused-ring (bicyclic) bond motifs is 1. The van der Waals surface area contributed by atoms with Crippen LogP contribution in [0.2, 0.25) is 0 Å². The molecule has 2 aliphatic rings. The van der Waals surface area contributed by atoms with E-state index >= 15 is 0 Å². The van der Waals surface area contributed by atoms with Gasteiger partial charge in [-0.3, -0.25) is 4.79 Å². The summed E-state index contributed by atoms with van der Waals surface area (Å²) < 4.78 is 35.9. The van der Waals surface area contributed by atoms with Gasteiger partial charge in [-0.25, -0.2) is 12.7 Å². The summed E-state index contributed by atoms with van der Waals surface area (Å²) in [5.74, 6) is 0.984. The van der Waals surface area contributed by atoms with Crippen molar-refractivity contribution < 1.29 is 22.7 Å². The fourth-order valence-corrected chi connectivity index (χ4v) is 3.85. The van der Waals surface area contributed by atoms with Crippen LogP contribution in [0.15, 0.2) is 18.2 Å². The summed E-state index contributed by atoms with van der Waals surface area (Å²) in [6.07, 6.45) is 3.50. The van der Waals surface area contributed by atoms with Gasteiger partial charge in [0.2, 0.25) is 10.0 Å². The number of amides is 1. The maximum atomic E-state index is 12.5. The van der Waals surface area contributed by atoms with E-state index in [4.69, 9.17) is 9.47 Å². The monoisotopic (exact) mass is 354 g/mol. The van der Waals surface area contributed by atoms with Crippen LogP contribution in [-0.2, 0) is 10.0 Å². The van der Waals surface area contributed by atoms with Crippen molar-refractivity contribution >= 4 is 15.9 Å². The van der Waals surface area contributed by atoms with Gasteiger partial charge in [0.05, 0.1) is 19.5 Å². The number of rotatable bonds is 3. The molecule has 1 N–H and O–H groups in total. The van der Waals surface area contributed by atoms with Gasteiger partial charge in [0.1, 0.15) is 0 Å². The van der Waals surface area contributed by atoms with Crippen LogP contribution in [0.25, 0.3) is 0 Å². The Morgan fingerprint density at radius 2 is 1.96 bits per heavy atom. The molecule has 1 atom stereocenters. The maximum absolute atomic E-state index is 12.5. The van der Waals surface area contributed by atoms with Crippen molar-refractivity contribution in [3.05, 3.63) is 23.8 Å². The quantitative estimate of drug-likeness (QED) is 0.875. The van der Waals surface area contributed by atoms with Gasteiger partial charge in [0.25, 0.3) is 5.91 Å². The van der Waals surface area contributed by atoms with E-state index in [2.05, 4.69) is 5.32 Å². The van der Waals surface area contributed by atoms with Crippen molar-refractivity contribution in [1.29, 1.82) is 0 Å². The average molecular weight is 354 g/mol. The Balaban J connectivity index is 1.67. The number of carbonyl (C=O) groups is 1. The second kappa shape index (κ2) is 6.98. The van der Waals surface area contributed by atoms with E-state index in [1.807, 2.05) is 0 Å². The van der Waals surface area contributed by atoms with Crippen molar-refractivity contribution in [2.45, 2.75) is 25.3 Å². The Bertz CT molecular complexity index is 719. The molecule has 0 aliphatic carbocycles. The van der Waals surface area contributed by atoms with Crippen LogP contribution in [0.1, 0.15) is 29.6 Å². The van der Waals surface area contributed by atoms with Crippen LogP contribution in [0.3, 0.4) is 0 Å². The van der Waals surface area contributed by atoms with E-state index < -0.39 is 10.0 Å². The number of piperidine rings is 1. The predicted molar refractivity (Wildman–Crippen MR) is 89.0 cm³/mol. The molecule has 8 heteroatoms. The molecule has 1 aromatic rings. The predicted octanol–water partition coefficient (Wildman–Crippen LogP) is 1.00. The summed E-state index contributed by atoms with van der Waals surface area (Å²) in [5, 5.41) is 2.92. The first-order valence-electron chi connectivity index (χ1n) is 8.09. The lowest BCUT2D eigenvalue weighted by Gasteiger charge is -2.31. The number of hydrogen-bond donors (Lipinski definition) is 1. The van der Waals surface area contributed by atoms with Crippen molar-refractivity contribution in [2.75, 3.05) is 32.6 Å². The average Bonchev–Trinajstić information content (AvgIpc) is 2.78. The molecule has 2 heterocycles. The van der Waals surface area contributed by atoms with Gasteiger partial charge in [0, 0.05) is 31.1 Å². The molecule has 0 aromatic heterocycles. The number of sulfonamides is 1. The number of hydrogen-bond acceptors (Lipinski definition) is 5. The number of benzene rings is 1. The molecule has 1 fully saturated rings. The minimum Gasteiger partial charge on any atom is -0.490 e. The second-order valence-electron chi connectivity index (χ2n) is 6.15. The SMILES string of the molecule is CS(=O)(=O)N1CCCC(NC(=O)c2ccc3c(c2)OCCCO3)C1. The molecular weight excluding hydrogens is 332 g/mol. The number of carbonyl (C=O) groups excluding carboxylic acids is 1. The number of ether oxygens (including phenoxy) is 2. The first-order valence-corrected chi connectivity index (χ1v) is 9.94. The topological polar surface area (TPSA) is 84.9 Å². The van der Waals surface area contributed by atoms with Crippen molar-refractivity contribution in [2.24, 2.45) is 0 Å². The molecule has 0 bridgehead atoms. The van der Waals surface area contributed by atoms with Gasteiger partial charge in [-0.05, 0) is 31.0 Å². The van der Waals surface area contributed by atoms with Crippen LogP contribution in [0.5, 0.6) is 11.5 Å². The third kappa shape index (κ3) is 3.99. The molecule has 1 unspecified atom stereocenters. The summed E-state index contributed by atoms with van der Waals surface area (Å²) in [4.78, 5) is 12.5. The van der Waals surface area contributed by atoms with Crippen LogP contribution in [-0.4, -0.2) is 57.2 Å². The van der Waals surface area contributed by atoms with E-state index in [0.717, 1.165) is 19.3 Å². The molecule has 7 nitrogen and oxygen atoms in total. The lowest BCUT2D eigenvalue weighted by molar-refractivity contribution is 0.0921. The molecule has 1 aromatic carbocycles. The largest absolute Gasteiger partial charge is 0.490 e. The van der Waals surface area contributed by atoms with Crippen molar-refractivity contribution in [3.63, 3.8) is 0 Å². The minimum atomic E-state index is -3.23. The van der Waals surface area contributed by atoms with Crippen molar-refractivity contribution in [3.8, 4) is 11.5 Å². The molecule has 0 radical (unpaired) electrons. The molecule has 132 valence electrons. The Hall–Kier alpha value is -1.80. The summed E-state index contributed by atoms with van der Waals surface area (Å²) in [6.45, 7) is 1.98. The normalized spacial score (nSPS) is 21.8. The van der Waals surface area contributed by atoms with Crippen LogP contribution >= 0.6 is 0 Å². The molecule has 2 aliphatic heterocycles. The zero-order chi connectivity index (χ0) is 17.2. The highest BCUT2D eigenvalue weighted by Crippen LogP contribution is 2.30. The first-order chi connectivity index (χ1) is 11.4. The van der Waals surface area contributed by atoms with Gasteiger partial charge >= 0.3 is 0 Å². The molecule has 1 amide bonds. The summed E-state index contributed by atoms with van der Waals surface area (Å²) in [7, 11) is -3.23. The molecule has 24 heavy (non-hydrogen) atoms. The Morgan fingerprint density at radius 1 is 1.21 bits per heavy atom. The van der Waals surface area contributed by atoms with Gasteiger partial charge in [-0.15, -0.1) is 0 Å². The molecule has 0 spiro atoms. The zero-order valence-electron chi connectivity index (χ0n) is 13.7. The lowest BCUT2D eigenvalue weighted by Crippen LogP contribution is -2.49. The van der Waals surface area contributed by atoms with Crippen molar-refractivity contribution in [1.82, 2.24) is 9.62 Å². The number of nitrogens with one attached hydrogen (secondary N) is 1. The van der Waals surface area contributed by atoms with Gasteiger partial charge in [-0.1, -0.05) is 0 Å². The van der Waals surface area contributed by atoms with Gasteiger partial charge < -0.3 is 14.8 Å². The van der Waals surface area contributed by atoms with E-state index in [9.17, 15) is 13.2 Å². The fraction of sp³-hybridized carbons (Fsp3) is 0.562. The van der Waals surface area contributed by atoms with E-state index in [-0.39, 0.29) is 11.9 Å². The van der Waals surface area contributed by atoms with Gasteiger partial charge in [0.15, 0.2) is 11.5 Å². The highest BCUT2D eigenvalue weighted by molar-refractivity contribution is 7.88. The zero-order valence-corrected chi connectivity index (χ0v) is 14.5. The summed E-state index contributed by atoms with van der Waals surface area (Å²) in [5.41, 5.74) is 0.482. The highest BCUT2D eigenvalue weighted by Gasteiger charge is 2.27. The Morgan fingerprint density at radius 3 is 2.71 bits per heavy atom. The second-order valence-corrected chi connectivity index (χ2v) is 8.13. The summed E-state index contributed by atoms with van der Waals surface area (Å²) >= 11 is 0. The minimum absolute atomic E-state index is 0.183. The maximum Gasteiger partial charge on any atom is 0.251 e. The smallest absolute Gasteiger partial charge is 0.251 e. The molecule has 3 rings (SSSR count). The number of nitrogens with zero attached hydrogens (tertiary/aromatic N) is 1. The van der Waals surface area contributed by atoms with Gasteiger partial charge in [-0.2, -0.15) is 0 Å². The van der Waals surface area contributed by atoms with Crippen LogP contribution in [0.4, 0.5) is 0 Å². The van der Waals surface area contributed by atoms with Crippen LogP contribution < -0.4 is 14.8 Å². The molecule has 0 saturated carbocycles. The fourth-order valence-electron chi connectivity index (χ4n) is 2.93. The highest BCUT2D eigenvalue weighted by atomic mass is 32.2. The Labute approximate surface area is 142 Å². The standard InChI is InChI=1S/C16H22N2O5S/c1-24(20,21)18-7-2-4-13(11-18)17-16(19)12-5-6-14-15(10-12)23-9-3-8-22-14/h5-6,10,13H,2-4,7-9,11H2,1H3,(H,17,19). The summed E-state index contributed by atoms with van der Waals surface area (Å²) in [6, 6.07) is 4.92. The first kappa shape index (κ1) is 17.0. The molecular formula is C16H22N2O5S. The molecule has 1 saturated heterocycles.